The van der Waals surface area contributed by atoms with E-state index in [9.17, 15) is 32.7 Å². The fourth-order valence-electron chi connectivity index (χ4n) is 2.36. The first kappa shape index (κ1) is 19.7. The lowest BCUT2D eigenvalue weighted by Gasteiger charge is -2.23. The first-order chi connectivity index (χ1) is 12.1. The van der Waals surface area contributed by atoms with Gasteiger partial charge in [0.05, 0.1) is 17.5 Å². The van der Waals surface area contributed by atoms with Crippen LogP contribution in [0.2, 0.25) is 0 Å². The number of carbonyl (C=O) groups is 3. The highest BCUT2D eigenvalue weighted by atomic mass is 19.4. The van der Waals surface area contributed by atoms with Gasteiger partial charge in [-0.15, -0.1) is 0 Å². The number of hydrogen-bond acceptors (Lipinski definition) is 7. The molecule has 142 valence electrons. The standard InChI is InChI=1S/C16H15F3O7/c1-8(20)25-12(14-11(21)6-13(22)26-14)7-24-15(23)9-3-2-4-10(5-9)16(17,18)19/h2-5,11-12,14,21H,6-7H2,1H3/t11-,12-,14+/m1/s1. The number of aliphatic hydroxyl groups excluding tert-OH is 1. The van der Waals surface area contributed by atoms with Crippen LogP contribution in [0.15, 0.2) is 24.3 Å². The molecule has 1 aromatic carbocycles. The van der Waals surface area contributed by atoms with Gasteiger partial charge < -0.3 is 19.3 Å². The van der Waals surface area contributed by atoms with E-state index in [4.69, 9.17) is 14.2 Å². The molecule has 1 aliphatic heterocycles. The van der Waals surface area contributed by atoms with E-state index >= 15 is 0 Å². The van der Waals surface area contributed by atoms with Gasteiger partial charge in [0, 0.05) is 6.92 Å². The third-order valence-electron chi connectivity index (χ3n) is 3.51. The predicted molar refractivity (Wildman–Crippen MR) is 77.8 cm³/mol. The van der Waals surface area contributed by atoms with Gasteiger partial charge in [-0.05, 0) is 18.2 Å². The van der Waals surface area contributed by atoms with Crippen LogP contribution in [0.4, 0.5) is 13.2 Å². The second-order valence-corrected chi connectivity index (χ2v) is 5.55. The lowest BCUT2D eigenvalue weighted by molar-refractivity contribution is -0.166. The van der Waals surface area contributed by atoms with Crippen molar-refractivity contribution < 1.29 is 46.9 Å². The summed E-state index contributed by atoms with van der Waals surface area (Å²) >= 11 is 0. The summed E-state index contributed by atoms with van der Waals surface area (Å²) in [5, 5.41) is 9.75. The average molecular weight is 376 g/mol. The van der Waals surface area contributed by atoms with Crippen molar-refractivity contribution in [2.45, 2.75) is 37.8 Å². The lowest BCUT2D eigenvalue weighted by Crippen LogP contribution is -2.41. The molecule has 7 nitrogen and oxygen atoms in total. The van der Waals surface area contributed by atoms with Gasteiger partial charge in [0.15, 0.2) is 12.2 Å². The van der Waals surface area contributed by atoms with Crippen LogP contribution >= 0.6 is 0 Å². The zero-order valence-corrected chi connectivity index (χ0v) is 13.5. The minimum absolute atomic E-state index is 0.315. The summed E-state index contributed by atoms with van der Waals surface area (Å²) in [5.74, 6) is -2.59. The number of aliphatic hydroxyl groups is 1. The Kier molecular flexibility index (Phi) is 5.86. The fourth-order valence-corrected chi connectivity index (χ4v) is 2.36. The van der Waals surface area contributed by atoms with Crippen molar-refractivity contribution in [2.75, 3.05) is 6.61 Å². The molecule has 1 aromatic rings. The van der Waals surface area contributed by atoms with Gasteiger partial charge in [-0.1, -0.05) is 6.07 Å². The summed E-state index contributed by atoms with van der Waals surface area (Å²) < 4.78 is 52.6. The van der Waals surface area contributed by atoms with Crippen molar-refractivity contribution in [2.24, 2.45) is 0 Å². The molecule has 26 heavy (non-hydrogen) atoms. The van der Waals surface area contributed by atoms with E-state index in [0.29, 0.717) is 6.07 Å². The predicted octanol–water partition coefficient (Wildman–Crippen LogP) is 1.47. The molecular weight excluding hydrogens is 361 g/mol. The molecule has 0 aliphatic carbocycles. The van der Waals surface area contributed by atoms with E-state index in [-0.39, 0.29) is 12.0 Å². The third kappa shape index (κ3) is 4.94. The Morgan fingerprint density at radius 3 is 2.62 bits per heavy atom. The molecule has 0 radical (unpaired) electrons. The summed E-state index contributed by atoms with van der Waals surface area (Å²) in [6.07, 6.45) is -8.73. The van der Waals surface area contributed by atoms with E-state index in [0.717, 1.165) is 25.1 Å². The highest BCUT2D eigenvalue weighted by Crippen LogP contribution is 2.29. The SMILES string of the molecule is CC(=O)O[C@H](COC(=O)c1cccc(C(F)(F)F)c1)[C@H]1OC(=O)C[C@H]1O. The van der Waals surface area contributed by atoms with E-state index in [1.165, 1.54) is 0 Å². The van der Waals surface area contributed by atoms with E-state index in [1.54, 1.807) is 0 Å². The molecule has 1 N–H and O–H groups in total. The van der Waals surface area contributed by atoms with Crippen LogP contribution < -0.4 is 0 Å². The smallest absolute Gasteiger partial charge is 0.416 e. The highest BCUT2D eigenvalue weighted by Gasteiger charge is 2.41. The molecule has 0 spiro atoms. The molecule has 0 amide bonds. The Morgan fingerprint density at radius 2 is 2.08 bits per heavy atom. The van der Waals surface area contributed by atoms with E-state index < -0.39 is 54.6 Å². The summed E-state index contributed by atoms with van der Waals surface area (Å²) in [4.78, 5) is 34.3. The van der Waals surface area contributed by atoms with Crippen molar-refractivity contribution in [3.8, 4) is 0 Å². The molecule has 3 atom stereocenters. The molecule has 1 aliphatic rings. The number of cyclic esters (lactones) is 1. The third-order valence-corrected chi connectivity index (χ3v) is 3.51. The van der Waals surface area contributed by atoms with Crippen LogP contribution in [0, 0.1) is 0 Å². The monoisotopic (exact) mass is 376 g/mol. The first-order valence-electron chi connectivity index (χ1n) is 7.47. The van der Waals surface area contributed by atoms with Crippen LogP contribution in [0.25, 0.3) is 0 Å². The molecule has 1 fully saturated rings. The number of benzene rings is 1. The molecule has 2 rings (SSSR count). The van der Waals surface area contributed by atoms with Gasteiger partial charge in [-0.2, -0.15) is 13.2 Å². The summed E-state index contributed by atoms with van der Waals surface area (Å²) in [7, 11) is 0. The van der Waals surface area contributed by atoms with Gasteiger partial charge >= 0.3 is 24.1 Å². The quantitative estimate of drug-likeness (QED) is 0.614. The maximum Gasteiger partial charge on any atom is 0.416 e. The maximum atomic E-state index is 12.7. The van der Waals surface area contributed by atoms with Crippen molar-refractivity contribution in [3.05, 3.63) is 35.4 Å². The molecular formula is C16H15F3O7. The number of hydrogen-bond donors (Lipinski definition) is 1. The van der Waals surface area contributed by atoms with Crippen molar-refractivity contribution >= 4 is 17.9 Å². The zero-order valence-electron chi connectivity index (χ0n) is 13.5. The second kappa shape index (κ2) is 7.73. The van der Waals surface area contributed by atoms with Crippen LogP contribution in [0.5, 0.6) is 0 Å². The van der Waals surface area contributed by atoms with Gasteiger partial charge in [0.1, 0.15) is 12.7 Å². The average Bonchev–Trinajstić information content (AvgIpc) is 2.88. The number of carbonyl (C=O) groups excluding carboxylic acids is 3. The van der Waals surface area contributed by atoms with Crippen LogP contribution in [-0.4, -0.2) is 47.9 Å². The second-order valence-electron chi connectivity index (χ2n) is 5.55. The maximum absolute atomic E-state index is 12.7. The van der Waals surface area contributed by atoms with Crippen molar-refractivity contribution in [1.82, 2.24) is 0 Å². The molecule has 0 aromatic heterocycles. The van der Waals surface area contributed by atoms with E-state index in [1.807, 2.05) is 0 Å². The van der Waals surface area contributed by atoms with Crippen LogP contribution in [-0.2, 0) is 30.0 Å². The minimum atomic E-state index is -4.63. The zero-order chi connectivity index (χ0) is 19.5. The molecule has 1 saturated heterocycles. The fraction of sp³-hybridized carbons (Fsp3) is 0.438. The van der Waals surface area contributed by atoms with Gasteiger partial charge in [-0.25, -0.2) is 4.79 Å². The Balaban J connectivity index is 2.07. The Bertz CT molecular complexity index is 701. The number of rotatable bonds is 5. The lowest BCUT2D eigenvalue weighted by atomic mass is 10.1. The summed E-state index contributed by atoms with van der Waals surface area (Å²) in [6.45, 7) is 0.453. The Hall–Kier alpha value is -2.62. The summed E-state index contributed by atoms with van der Waals surface area (Å²) in [6, 6.07) is 3.59. The number of alkyl halides is 3. The Morgan fingerprint density at radius 1 is 1.38 bits per heavy atom. The van der Waals surface area contributed by atoms with Gasteiger partial charge in [-0.3, -0.25) is 9.59 Å². The molecule has 0 unspecified atom stereocenters. The number of ether oxygens (including phenoxy) is 3. The normalized spacial score (nSPS) is 21.0. The van der Waals surface area contributed by atoms with E-state index in [2.05, 4.69) is 0 Å². The van der Waals surface area contributed by atoms with Gasteiger partial charge in [0.25, 0.3) is 0 Å². The summed E-state index contributed by atoms with van der Waals surface area (Å²) in [5.41, 5.74) is -1.38. The van der Waals surface area contributed by atoms with Crippen molar-refractivity contribution in [3.63, 3.8) is 0 Å². The van der Waals surface area contributed by atoms with Crippen LogP contribution in [0.1, 0.15) is 29.3 Å². The number of halogens is 3. The van der Waals surface area contributed by atoms with Crippen LogP contribution in [0.3, 0.4) is 0 Å². The molecule has 1 heterocycles. The number of esters is 3. The minimum Gasteiger partial charge on any atom is -0.458 e. The molecule has 10 heteroatoms. The Labute approximate surface area is 145 Å². The largest absolute Gasteiger partial charge is 0.458 e. The first-order valence-corrected chi connectivity index (χ1v) is 7.47. The highest BCUT2D eigenvalue weighted by molar-refractivity contribution is 5.89. The topological polar surface area (TPSA) is 99.1 Å². The van der Waals surface area contributed by atoms with Crippen molar-refractivity contribution in [1.29, 1.82) is 0 Å². The molecule has 0 saturated carbocycles. The van der Waals surface area contributed by atoms with Gasteiger partial charge in [0.2, 0.25) is 0 Å². The molecule has 0 bridgehead atoms.